The lowest BCUT2D eigenvalue weighted by molar-refractivity contribution is -0.131. The average Bonchev–Trinajstić information content (AvgIpc) is 3.00. The Morgan fingerprint density at radius 1 is 1.10 bits per heavy atom. The molecule has 4 fully saturated rings. The first kappa shape index (κ1) is 20.5. The van der Waals surface area contributed by atoms with Gasteiger partial charge in [0.15, 0.2) is 0 Å². The number of anilines is 2. The van der Waals surface area contributed by atoms with Crippen molar-refractivity contribution < 1.29 is 14.6 Å². The van der Waals surface area contributed by atoms with Gasteiger partial charge in [0.2, 0.25) is 5.91 Å². The molecule has 0 aromatic heterocycles. The molecule has 2 bridgehead atoms. The van der Waals surface area contributed by atoms with Gasteiger partial charge in [-0.25, -0.2) is 0 Å². The van der Waals surface area contributed by atoms with Crippen molar-refractivity contribution in [1.29, 1.82) is 0 Å². The van der Waals surface area contributed by atoms with E-state index in [4.69, 9.17) is 9.84 Å². The fourth-order valence-electron chi connectivity index (χ4n) is 5.39. The van der Waals surface area contributed by atoms with Crippen LogP contribution in [0, 0.1) is 11.3 Å². The molecule has 4 aliphatic rings. The van der Waals surface area contributed by atoms with Gasteiger partial charge in [-0.1, -0.05) is 13.8 Å². The standard InChI is InChI=1S/C23H35N3O3/c1-23(2)14-18-15-25(22(28)4-3-11-27)17-21(23)26(16-18)20-7-5-19(6-8-20)24-9-12-29-13-10-24/h5-8,18,21,27H,3-4,9-17H2,1-2H3/t18-,21?/m1/s1. The lowest BCUT2D eigenvalue weighted by Gasteiger charge is -2.48. The van der Waals surface area contributed by atoms with Crippen molar-refractivity contribution >= 4 is 17.3 Å². The van der Waals surface area contributed by atoms with Crippen LogP contribution in [0.15, 0.2) is 24.3 Å². The monoisotopic (exact) mass is 401 g/mol. The van der Waals surface area contributed by atoms with Gasteiger partial charge in [-0.3, -0.25) is 4.79 Å². The molecule has 1 N–H and O–H groups in total. The highest BCUT2D eigenvalue weighted by Crippen LogP contribution is 2.43. The minimum Gasteiger partial charge on any atom is -0.396 e. The quantitative estimate of drug-likeness (QED) is 0.821. The number of morpholine rings is 1. The summed E-state index contributed by atoms with van der Waals surface area (Å²) in [5.41, 5.74) is 2.68. The minimum atomic E-state index is 0.0829. The summed E-state index contributed by atoms with van der Waals surface area (Å²) in [6.45, 7) is 10.9. The largest absolute Gasteiger partial charge is 0.396 e. The number of carbonyl (C=O) groups is 1. The summed E-state index contributed by atoms with van der Waals surface area (Å²) >= 11 is 0. The Bertz CT molecular complexity index is 700. The fraction of sp³-hybridized carbons (Fsp3) is 0.696. The van der Waals surface area contributed by atoms with Crippen LogP contribution in [0.5, 0.6) is 0 Å². The lowest BCUT2D eigenvalue weighted by Crippen LogP contribution is -2.54. The lowest BCUT2D eigenvalue weighted by atomic mass is 9.73. The third-order valence-electron chi connectivity index (χ3n) is 6.88. The second kappa shape index (κ2) is 8.52. The average molecular weight is 402 g/mol. The number of aliphatic hydroxyl groups excluding tert-OH is 1. The summed E-state index contributed by atoms with van der Waals surface area (Å²) in [5.74, 6) is 0.678. The predicted molar refractivity (Wildman–Crippen MR) is 115 cm³/mol. The van der Waals surface area contributed by atoms with Gasteiger partial charge in [0.25, 0.3) is 0 Å². The van der Waals surface area contributed by atoms with Crippen LogP contribution in [-0.2, 0) is 9.53 Å². The molecule has 4 saturated heterocycles. The molecular formula is C23H35N3O3. The molecule has 160 valence electrons. The van der Waals surface area contributed by atoms with Crippen LogP contribution < -0.4 is 9.80 Å². The van der Waals surface area contributed by atoms with Crippen LogP contribution in [0.1, 0.15) is 33.1 Å². The summed E-state index contributed by atoms with van der Waals surface area (Å²) < 4.78 is 5.47. The number of benzene rings is 1. The number of aliphatic hydroxyl groups is 1. The Labute approximate surface area is 174 Å². The molecule has 0 saturated carbocycles. The number of fused-ring (bicyclic) bond motifs is 4. The Hall–Kier alpha value is -1.79. The van der Waals surface area contributed by atoms with Gasteiger partial charge >= 0.3 is 0 Å². The molecule has 5 rings (SSSR count). The SMILES string of the molecule is CC1(C)C[C@@H]2CN(C(=O)CCCO)CC1N(c1ccc(N3CCOCC3)cc1)C2. The summed E-state index contributed by atoms with van der Waals surface area (Å²) in [4.78, 5) is 19.7. The Balaban J connectivity index is 1.52. The van der Waals surface area contributed by atoms with E-state index in [9.17, 15) is 4.79 Å². The van der Waals surface area contributed by atoms with Crippen LogP contribution >= 0.6 is 0 Å². The van der Waals surface area contributed by atoms with Crippen molar-refractivity contribution in [3.05, 3.63) is 24.3 Å². The molecule has 4 aliphatic heterocycles. The summed E-state index contributed by atoms with van der Waals surface area (Å²) in [6, 6.07) is 9.28. The molecule has 0 radical (unpaired) electrons. The normalized spacial score (nSPS) is 26.5. The van der Waals surface area contributed by atoms with E-state index in [1.165, 1.54) is 11.4 Å². The van der Waals surface area contributed by atoms with Crippen LogP contribution in [-0.4, -0.2) is 74.5 Å². The second-order valence-electron chi connectivity index (χ2n) is 9.47. The summed E-state index contributed by atoms with van der Waals surface area (Å²) in [6.07, 6.45) is 2.16. The maximum absolute atomic E-state index is 12.7. The minimum absolute atomic E-state index is 0.0829. The van der Waals surface area contributed by atoms with Crippen LogP contribution in [0.3, 0.4) is 0 Å². The molecule has 1 amide bonds. The first-order chi connectivity index (χ1) is 14.0. The van der Waals surface area contributed by atoms with Crippen LogP contribution in [0.25, 0.3) is 0 Å². The zero-order chi connectivity index (χ0) is 20.4. The molecule has 1 aromatic rings. The molecule has 1 aromatic carbocycles. The molecule has 2 atom stereocenters. The van der Waals surface area contributed by atoms with Crippen molar-refractivity contribution in [3.8, 4) is 0 Å². The van der Waals surface area contributed by atoms with Crippen molar-refractivity contribution in [2.75, 3.05) is 62.3 Å². The van der Waals surface area contributed by atoms with Gasteiger partial charge in [-0.15, -0.1) is 0 Å². The molecule has 4 heterocycles. The van der Waals surface area contributed by atoms with Gasteiger partial charge in [0.05, 0.1) is 19.3 Å². The van der Waals surface area contributed by atoms with E-state index in [-0.39, 0.29) is 17.9 Å². The molecule has 6 nitrogen and oxygen atoms in total. The first-order valence-corrected chi connectivity index (χ1v) is 11.1. The van der Waals surface area contributed by atoms with E-state index in [2.05, 4.69) is 52.8 Å². The smallest absolute Gasteiger partial charge is 0.222 e. The number of carbonyl (C=O) groups excluding carboxylic acids is 1. The molecule has 0 aliphatic carbocycles. The van der Waals surface area contributed by atoms with E-state index in [1.54, 1.807) is 0 Å². The molecule has 0 spiro atoms. The van der Waals surface area contributed by atoms with Gasteiger partial charge in [0, 0.05) is 57.1 Å². The topological polar surface area (TPSA) is 56.3 Å². The van der Waals surface area contributed by atoms with Gasteiger partial charge in [0.1, 0.15) is 0 Å². The second-order valence-corrected chi connectivity index (χ2v) is 9.47. The van der Waals surface area contributed by atoms with Gasteiger partial charge in [-0.05, 0) is 48.4 Å². The molecule has 6 heteroatoms. The molecule has 1 unspecified atom stereocenters. The Morgan fingerprint density at radius 3 is 2.48 bits per heavy atom. The number of rotatable bonds is 5. The van der Waals surface area contributed by atoms with Crippen molar-refractivity contribution in [3.63, 3.8) is 0 Å². The first-order valence-electron chi connectivity index (χ1n) is 11.1. The Morgan fingerprint density at radius 2 is 1.79 bits per heavy atom. The van der Waals surface area contributed by atoms with Crippen molar-refractivity contribution in [2.24, 2.45) is 11.3 Å². The summed E-state index contributed by atoms with van der Waals surface area (Å²) in [5, 5.41) is 9.09. The van der Waals surface area contributed by atoms with E-state index < -0.39 is 0 Å². The highest BCUT2D eigenvalue weighted by Gasteiger charge is 2.46. The number of nitrogens with zero attached hydrogens (tertiary/aromatic N) is 3. The highest BCUT2D eigenvalue weighted by molar-refractivity contribution is 5.76. The van der Waals surface area contributed by atoms with E-state index >= 15 is 0 Å². The third-order valence-corrected chi connectivity index (χ3v) is 6.88. The van der Waals surface area contributed by atoms with Crippen LogP contribution in [0.4, 0.5) is 11.4 Å². The Kier molecular flexibility index (Phi) is 6.02. The number of piperidine rings is 1. The highest BCUT2D eigenvalue weighted by atomic mass is 16.5. The van der Waals surface area contributed by atoms with Crippen LogP contribution in [0.2, 0.25) is 0 Å². The number of hydrogen-bond donors (Lipinski definition) is 1. The van der Waals surface area contributed by atoms with E-state index in [1.807, 2.05) is 0 Å². The maximum atomic E-state index is 12.7. The van der Waals surface area contributed by atoms with E-state index in [0.29, 0.717) is 24.8 Å². The van der Waals surface area contributed by atoms with Crippen molar-refractivity contribution in [1.82, 2.24) is 4.90 Å². The zero-order valence-corrected chi connectivity index (χ0v) is 17.8. The van der Waals surface area contributed by atoms with Gasteiger partial charge in [-0.2, -0.15) is 0 Å². The molecule has 29 heavy (non-hydrogen) atoms. The number of hydrogen-bond acceptors (Lipinski definition) is 5. The fourth-order valence-corrected chi connectivity index (χ4v) is 5.39. The summed E-state index contributed by atoms with van der Waals surface area (Å²) in [7, 11) is 0. The predicted octanol–water partition coefficient (Wildman–Crippen LogP) is 2.36. The van der Waals surface area contributed by atoms with Gasteiger partial charge < -0.3 is 24.5 Å². The molecular weight excluding hydrogens is 366 g/mol. The van der Waals surface area contributed by atoms with Crippen molar-refractivity contribution in [2.45, 2.75) is 39.2 Å². The number of ether oxygens (including phenoxy) is 1. The number of amides is 1. The third kappa shape index (κ3) is 4.38. The zero-order valence-electron chi connectivity index (χ0n) is 17.8. The maximum Gasteiger partial charge on any atom is 0.222 e. The van der Waals surface area contributed by atoms with E-state index in [0.717, 1.165) is 52.4 Å².